The summed E-state index contributed by atoms with van der Waals surface area (Å²) in [6.45, 7) is 0. The summed E-state index contributed by atoms with van der Waals surface area (Å²) >= 11 is 0. The summed E-state index contributed by atoms with van der Waals surface area (Å²) < 4.78 is 31.5. The smallest absolute Gasteiger partial charge is 0.258 e. The van der Waals surface area contributed by atoms with E-state index >= 15 is 0 Å². The normalized spacial score (nSPS) is 10.8. The molecule has 0 bridgehead atoms. The van der Waals surface area contributed by atoms with Crippen molar-refractivity contribution in [1.82, 2.24) is 10.1 Å². The minimum Gasteiger partial charge on any atom is -0.399 e. The van der Waals surface area contributed by atoms with Crippen LogP contribution in [0.5, 0.6) is 0 Å². The second-order valence-corrected chi connectivity index (χ2v) is 4.47. The fraction of sp³-hybridized carbons (Fsp3) is 0. The molecule has 0 aliphatic rings. The number of rotatable bonds is 2. The van der Waals surface area contributed by atoms with Crippen molar-refractivity contribution in [3.8, 4) is 22.8 Å². The highest BCUT2D eigenvalue weighted by atomic mass is 19.1. The number of hydrogen-bond acceptors (Lipinski definition) is 5. The quantitative estimate of drug-likeness (QED) is 0.707. The topological polar surface area (TPSA) is 91.0 Å². The number of hydrogen-bond donors (Lipinski definition) is 2. The Kier molecular flexibility index (Phi) is 3.02. The average Bonchev–Trinajstić information content (AvgIpc) is 2.85. The molecule has 0 fully saturated rings. The van der Waals surface area contributed by atoms with Crippen molar-refractivity contribution in [3.05, 3.63) is 48.0 Å². The standard InChI is InChI=1S/C14H10F2N4O/c15-9-1-7(2-10(16)5-9)13-19-14(21-20-13)8-3-11(17)6-12(18)4-8/h1-6H,17-18H2. The Balaban J connectivity index is 2.03. The lowest BCUT2D eigenvalue weighted by Crippen LogP contribution is -1.91. The Labute approximate surface area is 118 Å². The highest BCUT2D eigenvalue weighted by Crippen LogP contribution is 2.26. The fourth-order valence-electron chi connectivity index (χ4n) is 1.94. The van der Waals surface area contributed by atoms with Crippen LogP contribution in [-0.4, -0.2) is 10.1 Å². The average molecular weight is 288 g/mol. The van der Waals surface area contributed by atoms with E-state index in [-0.39, 0.29) is 17.3 Å². The highest BCUT2D eigenvalue weighted by molar-refractivity contribution is 5.68. The van der Waals surface area contributed by atoms with Crippen molar-refractivity contribution >= 4 is 11.4 Å². The largest absolute Gasteiger partial charge is 0.399 e. The molecule has 2 aromatic carbocycles. The maximum Gasteiger partial charge on any atom is 0.258 e. The van der Waals surface area contributed by atoms with Gasteiger partial charge in [0.15, 0.2) is 0 Å². The van der Waals surface area contributed by atoms with E-state index in [9.17, 15) is 8.78 Å². The molecule has 5 nitrogen and oxygen atoms in total. The van der Waals surface area contributed by atoms with Crippen LogP contribution in [0.2, 0.25) is 0 Å². The molecule has 0 saturated heterocycles. The van der Waals surface area contributed by atoms with Gasteiger partial charge in [-0.05, 0) is 30.3 Å². The van der Waals surface area contributed by atoms with E-state index in [2.05, 4.69) is 10.1 Å². The van der Waals surface area contributed by atoms with E-state index in [0.717, 1.165) is 18.2 Å². The number of nitrogens with zero attached hydrogens (tertiary/aromatic N) is 2. The zero-order chi connectivity index (χ0) is 15.0. The first-order chi connectivity index (χ1) is 10.0. The van der Waals surface area contributed by atoms with Crippen molar-refractivity contribution in [2.45, 2.75) is 0 Å². The van der Waals surface area contributed by atoms with Gasteiger partial charge in [0.25, 0.3) is 5.89 Å². The maximum atomic E-state index is 13.2. The molecule has 0 spiro atoms. The molecule has 4 N–H and O–H groups in total. The molecule has 0 saturated carbocycles. The van der Waals surface area contributed by atoms with E-state index in [1.165, 1.54) is 0 Å². The molecule has 21 heavy (non-hydrogen) atoms. The lowest BCUT2D eigenvalue weighted by Gasteiger charge is -1.99. The molecule has 0 aliphatic carbocycles. The molecule has 106 valence electrons. The lowest BCUT2D eigenvalue weighted by molar-refractivity contribution is 0.432. The zero-order valence-corrected chi connectivity index (χ0v) is 10.7. The van der Waals surface area contributed by atoms with Gasteiger partial charge < -0.3 is 16.0 Å². The van der Waals surface area contributed by atoms with Crippen LogP contribution in [0.15, 0.2) is 40.9 Å². The number of nitrogens with two attached hydrogens (primary N) is 2. The van der Waals surface area contributed by atoms with Crippen molar-refractivity contribution in [2.24, 2.45) is 0 Å². The third kappa shape index (κ3) is 2.66. The predicted octanol–water partition coefficient (Wildman–Crippen LogP) is 2.85. The molecular formula is C14H10F2N4O. The Morgan fingerprint density at radius 2 is 1.43 bits per heavy atom. The summed E-state index contributed by atoms with van der Waals surface area (Å²) in [5, 5.41) is 3.70. The van der Waals surface area contributed by atoms with E-state index in [1.54, 1.807) is 18.2 Å². The number of halogens is 2. The van der Waals surface area contributed by atoms with Gasteiger partial charge in [-0.1, -0.05) is 5.16 Å². The molecule has 1 aromatic heterocycles. The Morgan fingerprint density at radius 3 is 2.05 bits per heavy atom. The van der Waals surface area contributed by atoms with Gasteiger partial charge in [0.05, 0.1) is 0 Å². The highest BCUT2D eigenvalue weighted by Gasteiger charge is 2.13. The minimum atomic E-state index is -0.718. The van der Waals surface area contributed by atoms with E-state index < -0.39 is 11.6 Å². The van der Waals surface area contributed by atoms with Gasteiger partial charge >= 0.3 is 0 Å². The Morgan fingerprint density at radius 1 is 0.810 bits per heavy atom. The molecule has 0 amide bonds. The number of nitrogen functional groups attached to an aromatic ring is 2. The van der Waals surface area contributed by atoms with Crippen molar-refractivity contribution in [3.63, 3.8) is 0 Å². The molecule has 1 heterocycles. The first-order valence-corrected chi connectivity index (χ1v) is 5.98. The molecule has 0 aliphatic heterocycles. The van der Waals surface area contributed by atoms with Crippen molar-refractivity contribution in [2.75, 3.05) is 11.5 Å². The van der Waals surface area contributed by atoms with Gasteiger partial charge in [-0.2, -0.15) is 4.98 Å². The van der Waals surface area contributed by atoms with Gasteiger partial charge in [0.1, 0.15) is 11.6 Å². The van der Waals surface area contributed by atoms with Crippen molar-refractivity contribution < 1.29 is 13.3 Å². The van der Waals surface area contributed by atoms with Crippen LogP contribution in [0.1, 0.15) is 0 Å². The molecular weight excluding hydrogens is 278 g/mol. The molecule has 0 unspecified atom stereocenters. The van der Waals surface area contributed by atoms with E-state index in [1.807, 2.05) is 0 Å². The second-order valence-electron chi connectivity index (χ2n) is 4.47. The van der Waals surface area contributed by atoms with Crippen LogP contribution in [0, 0.1) is 11.6 Å². The van der Waals surface area contributed by atoms with Gasteiger partial charge in [0, 0.05) is 28.6 Å². The predicted molar refractivity (Wildman–Crippen MR) is 73.9 cm³/mol. The summed E-state index contributed by atoms with van der Waals surface area (Å²) in [5.41, 5.74) is 13.0. The minimum absolute atomic E-state index is 0.0735. The van der Waals surface area contributed by atoms with Crippen LogP contribution in [-0.2, 0) is 0 Å². The summed E-state index contributed by atoms with van der Waals surface area (Å²) in [6.07, 6.45) is 0. The molecule has 0 atom stereocenters. The van der Waals surface area contributed by atoms with Crippen LogP contribution in [0.4, 0.5) is 20.2 Å². The van der Waals surface area contributed by atoms with Crippen LogP contribution >= 0.6 is 0 Å². The Bertz CT molecular complexity index is 710. The Hall–Kier alpha value is -2.96. The van der Waals surface area contributed by atoms with Crippen LogP contribution < -0.4 is 11.5 Å². The fourth-order valence-corrected chi connectivity index (χ4v) is 1.94. The van der Waals surface area contributed by atoms with Gasteiger partial charge in [-0.15, -0.1) is 0 Å². The first-order valence-electron chi connectivity index (χ1n) is 5.98. The zero-order valence-electron chi connectivity index (χ0n) is 10.7. The number of anilines is 2. The maximum absolute atomic E-state index is 13.2. The molecule has 0 radical (unpaired) electrons. The second kappa shape index (κ2) is 4.86. The van der Waals surface area contributed by atoms with Crippen LogP contribution in [0.3, 0.4) is 0 Å². The van der Waals surface area contributed by atoms with Crippen LogP contribution in [0.25, 0.3) is 22.8 Å². The summed E-state index contributed by atoms with van der Waals surface area (Å²) in [6, 6.07) is 7.81. The summed E-state index contributed by atoms with van der Waals surface area (Å²) in [5.74, 6) is -1.20. The number of aromatic nitrogens is 2. The lowest BCUT2D eigenvalue weighted by atomic mass is 10.1. The third-order valence-corrected chi connectivity index (χ3v) is 2.77. The van der Waals surface area contributed by atoms with Crippen molar-refractivity contribution in [1.29, 1.82) is 0 Å². The molecule has 3 rings (SSSR count). The third-order valence-electron chi connectivity index (χ3n) is 2.77. The van der Waals surface area contributed by atoms with E-state index in [0.29, 0.717) is 16.9 Å². The first kappa shape index (κ1) is 13.0. The summed E-state index contributed by atoms with van der Waals surface area (Å²) in [4.78, 5) is 4.09. The summed E-state index contributed by atoms with van der Waals surface area (Å²) in [7, 11) is 0. The monoisotopic (exact) mass is 288 g/mol. The van der Waals surface area contributed by atoms with Gasteiger partial charge in [0.2, 0.25) is 5.82 Å². The van der Waals surface area contributed by atoms with Gasteiger partial charge in [-0.3, -0.25) is 0 Å². The SMILES string of the molecule is Nc1cc(N)cc(-c2nc(-c3cc(F)cc(F)c3)no2)c1. The van der Waals surface area contributed by atoms with E-state index in [4.69, 9.17) is 16.0 Å². The molecule has 7 heteroatoms. The molecule has 3 aromatic rings. The van der Waals surface area contributed by atoms with Gasteiger partial charge in [-0.25, -0.2) is 8.78 Å². The number of benzene rings is 2.